The van der Waals surface area contributed by atoms with Crippen molar-refractivity contribution in [3.05, 3.63) is 11.6 Å². The van der Waals surface area contributed by atoms with Gasteiger partial charge in [-0.25, -0.2) is 0 Å². The maximum absolute atomic E-state index is 5.57. The Labute approximate surface area is 98.7 Å². The predicted octanol–water partition coefficient (Wildman–Crippen LogP) is 2.45. The molecule has 2 atom stereocenters. The first-order valence-corrected chi connectivity index (χ1v) is 6.11. The molecule has 0 aromatic heterocycles. The van der Waals surface area contributed by atoms with E-state index in [0.29, 0.717) is 17.5 Å². The average molecular weight is 231 g/mol. The molecule has 0 aromatic rings. The molecule has 1 fully saturated rings. The third-order valence-electron chi connectivity index (χ3n) is 3.17. The van der Waals surface area contributed by atoms with E-state index in [1.54, 1.807) is 5.54 Å². The molecule has 1 N–H and O–H groups in total. The van der Waals surface area contributed by atoms with Crippen molar-refractivity contribution in [2.45, 2.75) is 39.8 Å². The van der Waals surface area contributed by atoms with Crippen molar-refractivity contribution < 1.29 is 0 Å². The van der Waals surface area contributed by atoms with Gasteiger partial charge < -0.3 is 5.32 Å². The van der Waals surface area contributed by atoms with Crippen LogP contribution in [0.4, 0.5) is 0 Å². The largest absolute Gasteiger partial charge is 0.311 e. The number of piperazine rings is 1. The van der Waals surface area contributed by atoms with Crippen LogP contribution in [0.5, 0.6) is 0 Å². The minimum absolute atomic E-state index is 0.322. The summed E-state index contributed by atoms with van der Waals surface area (Å²) in [5, 5.41) is 3.62. The zero-order valence-electron chi connectivity index (χ0n) is 10.3. The molecule has 15 heavy (non-hydrogen) atoms. The lowest BCUT2D eigenvalue weighted by Crippen LogP contribution is -2.59. The summed E-state index contributed by atoms with van der Waals surface area (Å²) in [6, 6.07) is 1.16. The molecular weight excluding hydrogens is 208 g/mol. The Kier molecular flexibility index (Phi) is 4.63. The number of halogens is 1. The van der Waals surface area contributed by atoms with Gasteiger partial charge in [-0.3, -0.25) is 4.90 Å². The maximum atomic E-state index is 5.57. The second-order valence-electron chi connectivity index (χ2n) is 5.49. The summed E-state index contributed by atoms with van der Waals surface area (Å²) in [5.74, 6) is 0. The summed E-state index contributed by atoms with van der Waals surface area (Å²) in [5.41, 5.74) is 1.93. The Bertz CT molecular complexity index is 220. The SMILES string of the molecule is CC1CNC(C(C)(C)C)CN1C/C=C/Cl. The van der Waals surface area contributed by atoms with Crippen LogP contribution in [0.2, 0.25) is 0 Å². The first-order valence-electron chi connectivity index (χ1n) is 5.68. The highest BCUT2D eigenvalue weighted by Gasteiger charge is 2.31. The van der Waals surface area contributed by atoms with E-state index in [4.69, 9.17) is 11.6 Å². The average Bonchev–Trinajstić information content (AvgIpc) is 2.15. The van der Waals surface area contributed by atoms with Crippen molar-refractivity contribution in [3.8, 4) is 0 Å². The first-order chi connectivity index (χ1) is 6.95. The predicted molar refractivity (Wildman–Crippen MR) is 67.3 cm³/mol. The molecule has 2 nitrogen and oxygen atoms in total. The van der Waals surface area contributed by atoms with Crippen molar-refractivity contribution in [2.75, 3.05) is 19.6 Å². The molecule has 1 rings (SSSR count). The van der Waals surface area contributed by atoms with E-state index < -0.39 is 0 Å². The Morgan fingerprint density at radius 2 is 2.13 bits per heavy atom. The van der Waals surface area contributed by atoms with Gasteiger partial charge in [0.25, 0.3) is 0 Å². The summed E-state index contributed by atoms with van der Waals surface area (Å²) in [6.45, 7) is 12.2. The summed E-state index contributed by atoms with van der Waals surface area (Å²) in [7, 11) is 0. The van der Waals surface area contributed by atoms with Crippen LogP contribution in [0.15, 0.2) is 11.6 Å². The Morgan fingerprint density at radius 1 is 1.47 bits per heavy atom. The zero-order valence-corrected chi connectivity index (χ0v) is 11.0. The fraction of sp³-hybridized carbons (Fsp3) is 0.833. The van der Waals surface area contributed by atoms with Crippen LogP contribution in [0.25, 0.3) is 0 Å². The van der Waals surface area contributed by atoms with Crippen molar-refractivity contribution in [1.82, 2.24) is 10.2 Å². The van der Waals surface area contributed by atoms with E-state index in [-0.39, 0.29) is 0 Å². The molecule has 1 saturated heterocycles. The van der Waals surface area contributed by atoms with E-state index in [9.17, 15) is 0 Å². The van der Waals surface area contributed by atoms with E-state index in [0.717, 1.165) is 19.6 Å². The molecule has 88 valence electrons. The van der Waals surface area contributed by atoms with Gasteiger partial charge >= 0.3 is 0 Å². The highest BCUT2D eigenvalue weighted by atomic mass is 35.5. The van der Waals surface area contributed by atoms with E-state index in [2.05, 4.69) is 37.9 Å². The molecule has 1 heterocycles. The minimum Gasteiger partial charge on any atom is -0.311 e. The van der Waals surface area contributed by atoms with Gasteiger partial charge in [-0.1, -0.05) is 38.4 Å². The molecule has 0 aromatic carbocycles. The summed E-state index contributed by atoms with van der Waals surface area (Å²) < 4.78 is 0. The Balaban J connectivity index is 2.56. The van der Waals surface area contributed by atoms with Gasteiger partial charge in [0.2, 0.25) is 0 Å². The van der Waals surface area contributed by atoms with Crippen molar-refractivity contribution in [1.29, 1.82) is 0 Å². The van der Waals surface area contributed by atoms with Crippen LogP contribution < -0.4 is 5.32 Å². The highest BCUT2D eigenvalue weighted by Crippen LogP contribution is 2.23. The molecule has 1 aliphatic rings. The summed E-state index contributed by atoms with van der Waals surface area (Å²) >= 11 is 5.57. The molecule has 3 heteroatoms. The fourth-order valence-electron chi connectivity index (χ4n) is 1.93. The summed E-state index contributed by atoms with van der Waals surface area (Å²) in [6.07, 6.45) is 2.02. The quantitative estimate of drug-likeness (QED) is 0.784. The monoisotopic (exact) mass is 230 g/mol. The molecule has 2 unspecified atom stereocenters. The normalized spacial score (nSPS) is 29.9. The van der Waals surface area contributed by atoms with Gasteiger partial charge in [0.15, 0.2) is 0 Å². The van der Waals surface area contributed by atoms with Gasteiger partial charge in [0, 0.05) is 37.3 Å². The van der Waals surface area contributed by atoms with Crippen LogP contribution in [0.3, 0.4) is 0 Å². The van der Waals surface area contributed by atoms with Crippen molar-refractivity contribution in [3.63, 3.8) is 0 Å². The lowest BCUT2D eigenvalue weighted by Gasteiger charge is -2.43. The highest BCUT2D eigenvalue weighted by molar-refractivity contribution is 6.25. The molecule has 0 spiro atoms. The Hall–Kier alpha value is -0.0500. The van der Waals surface area contributed by atoms with Gasteiger partial charge in [0.1, 0.15) is 0 Å². The lowest BCUT2D eigenvalue weighted by atomic mass is 9.85. The summed E-state index contributed by atoms with van der Waals surface area (Å²) in [4.78, 5) is 2.48. The smallest absolute Gasteiger partial charge is 0.0244 e. The van der Waals surface area contributed by atoms with Crippen LogP contribution in [0.1, 0.15) is 27.7 Å². The van der Waals surface area contributed by atoms with Crippen LogP contribution in [-0.2, 0) is 0 Å². The van der Waals surface area contributed by atoms with Crippen LogP contribution in [-0.4, -0.2) is 36.6 Å². The molecular formula is C12H23ClN2. The van der Waals surface area contributed by atoms with Gasteiger partial charge in [-0.15, -0.1) is 0 Å². The lowest BCUT2D eigenvalue weighted by molar-refractivity contribution is 0.104. The molecule has 0 aliphatic carbocycles. The first kappa shape index (κ1) is 13.0. The van der Waals surface area contributed by atoms with Crippen LogP contribution >= 0.6 is 11.6 Å². The molecule has 1 aliphatic heterocycles. The topological polar surface area (TPSA) is 15.3 Å². The van der Waals surface area contributed by atoms with Gasteiger partial charge in [-0.2, -0.15) is 0 Å². The molecule has 0 radical (unpaired) electrons. The van der Waals surface area contributed by atoms with Crippen LogP contribution in [0, 0.1) is 5.41 Å². The Morgan fingerprint density at radius 3 is 2.67 bits per heavy atom. The van der Waals surface area contributed by atoms with E-state index in [1.807, 2.05) is 6.08 Å². The van der Waals surface area contributed by atoms with Gasteiger partial charge in [-0.05, 0) is 12.3 Å². The zero-order chi connectivity index (χ0) is 11.5. The molecule has 0 bridgehead atoms. The second-order valence-corrected chi connectivity index (χ2v) is 5.74. The third-order valence-corrected chi connectivity index (χ3v) is 3.35. The maximum Gasteiger partial charge on any atom is 0.0244 e. The van der Waals surface area contributed by atoms with E-state index in [1.165, 1.54) is 0 Å². The number of hydrogen-bond acceptors (Lipinski definition) is 2. The van der Waals surface area contributed by atoms with Crippen molar-refractivity contribution in [2.24, 2.45) is 5.41 Å². The number of nitrogens with one attached hydrogen (secondary N) is 1. The van der Waals surface area contributed by atoms with Crippen molar-refractivity contribution >= 4 is 11.6 Å². The standard InChI is InChI=1S/C12H23ClN2/c1-10-8-14-11(12(2,3)4)9-15(10)7-5-6-13/h5-6,10-11,14H,7-9H2,1-4H3/b6-5+. The van der Waals surface area contributed by atoms with E-state index >= 15 is 0 Å². The number of nitrogens with zero attached hydrogens (tertiary/aromatic N) is 1. The molecule has 0 saturated carbocycles. The van der Waals surface area contributed by atoms with Gasteiger partial charge in [0.05, 0.1) is 0 Å². The second kappa shape index (κ2) is 5.33. The third kappa shape index (κ3) is 3.78. The number of hydrogen-bond donors (Lipinski definition) is 1. The molecule has 0 amide bonds. The fourth-order valence-corrected chi connectivity index (χ4v) is 2.01. The number of rotatable bonds is 2. The minimum atomic E-state index is 0.322.